The van der Waals surface area contributed by atoms with Gasteiger partial charge in [0.1, 0.15) is 5.82 Å². The number of amides is 1. The molecule has 0 bridgehead atoms. The van der Waals surface area contributed by atoms with E-state index in [1.54, 1.807) is 4.68 Å². The summed E-state index contributed by atoms with van der Waals surface area (Å²) in [6.07, 6.45) is 12.2. The van der Waals surface area contributed by atoms with Gasteiger partial charge < -0.3 is 10.6 Å². The molecule has 0 aliphatic heterocycles. The van der Waals surface area contributed by atoms with E-state index in [9.17, 15) is 8.68 Å². The molecule has 1 fully saturated rings. The number of hydrogen-bond acceptors (Lipinski definition) is 4. The molecule has 2 N–H and O–H groups in total. The normalized spacial score (nSPS) is 14.4. The average Bonchev–Trinajstić information content (AvgIpc) is 3.08. The number of allylic oxidation sites excluding steroid dienone is 2. The number of rotatable bonds is 11. The third-order valence-electron chi connectivity index (χ3n) is 6.51. The van der Waals surface area contributed by atoms with Gasteiger partial charge in [-0.15, -0.1) is 0 Å². The Labute approximate surface area is 221 Å². The first-order valence-corrected chi connectivity index (χ1v) is 14.0. The number of benzene rings is 1. The molecule has 1 aliphatic carbocycles. The molecule has 0 saturated heterocycles. The molecule has 5 nitrogen and oxygen atoms in total. The van der Waals surface area contributed by atoms with Crippen molar-refractivity contribution in [3.8, 4) is 0 Å². The fourth-order valence-corrected chi connectivity index (χ4v) is 4.73. The van der Waals surface area contributed by atoms with Gasteiger partial charge in [-0.2, -0.15) is 8.98 Å². The number of unbranched alkanes of at least 4 members (excludes halogenated alkanes) is 1. The molecule has 7 heteroatoms. The summed E-state index contributed by atoms with van der Waals surface area (Å²) < 4.78 is 14.9. The summed E-state index contributed by atoms with van der Waals surface area (Å²) >= 11 is 0.201. The summed E-state index contributed by atoms with van der Waals surface area (Å²) in [7, 11) is 0. The topological polar surface area (TPSA) is 58.9 Å². The van der Waals surface area contributed by atoms with Crippen molar-refractivity contribution >= 4 is 29.4 Å². The van der Waals surface area contributed by atoms with E-state index in [0.717, 1.165) is 53.9 Å². The van der Waals surface area contributed by atoms with Crippen molar-refractivity contribution in [3.05, 3.63) is 59.9 Å². The molecular formula is C29H43FN4OS. The minimum atomic E-state index is 0.188. The third-order valence-corrected chi connectivity index (χ3v) is 7.08. The zero-order valence-corrected chi connectivity index (χ0v) is 23.2. The highest BCUT2D eigenvalue weighted by molar-refractivity contribution is 7.94. The van der Waals surface area contributed by atoms with Crippen molar-refractivity contribution in [3.63, 3.8) is 0 Å². The number of aryl methyl sites for hydroxylation is 1. The number of carbonyl (C=O) groups is 1. The van der Waals surface area contributed by atoms with E-state index in [1.807, 2.05) is 45.0 Å². The van der Waals surface area contributed by atoms with Crippen LogP contribution in [0, 0.1) is 19.8 Å². The predicted octanol–water partition coefficient (Wildman–Crippen LogP) is 7.47. The van der Waals surface area contributed by atoms with Gasteiger partial charge in [-0.05, 0) is 62.3 Å². The second-order valence-corrected chi connectivity index (χ2v) is 9.66. The molecule has 3 rings (SSSR count). The number of nitrogens with one attached hydrogen (secondary N) is 2. The Balaban J connectivity index is 0.00000222. The Hall–Kier alpha value is -2.54. The molecule has 1 aromatic heterocycles. The first-order valence-electron chi connectivity index (χ1n) is 13.3. The minimum absolute atomic E-state index is 0.188. The maximum absolute atomic E-state index is 13.2. The van der Waals surface area contributed by atoms with Crippen LogP contribution in [0.5, 0.6) is 0 Å². The van der Waals surface area contributed by atoms with E-state index < -0.39 is 0 Å². The molecule has 0 spiro atoms. The summed E-state index contributed by atoms with van der Waals surface area (Å²) in [6, 6.07) is 8.10. The summed E-state index contributed by atoms with van der Waals surface area (Å²) in [5, 5.41) is 11.0. The quantitative estimate of drug-likeness (QED) is 0.185. The lowest BCUT2D eigenvalue weighted by Gasteiger charge is -2.16. The van der Waals surface area contributed by atoms with Gasteiger partial charge in [-0.25, -0.2) is 4.68 Å². The lowest BCUT2D eigenvalue weighted by atomic mass is 9.99. The van der Waals surface area contributed by atoms with Crippen LogP contribution in [0.15, 0.2) is 48.0 Å². The molecule has 1 heterocycles. The molecule has 1 saturated carbocycles. The first-order chi connectivity index (χ1) is 17.5. The molecule has 0 radical (unpaired) electrons. The molecule has 198 valence electrons. The van der Waals surface area contributed by atoms with E-state index in [2.05, 4.69) is 35.3 Å². The van der Waals surface area contributed by atoms with Crippen LogP contribution in [0.4, 0.5) is 3.89 Å². The highest BCUT2D eigenvalue weighted by atomic mass is 32.2. The van der Waals surface area contributed by atoms with Crippen molar-refractivity contribution in [2.24, 2.45) is 5.92 Å². The lowest BCUT2D eigenvalue weighted by molar-refractivity contribution is -0.125. The Bertz CT molecular complexity index is 993. The van der Waals surface area contributed by atoms with Gasteiger partial charge in [0.25, 0.3) is 0 Å². The largest absolute Gasteiger partial charge is 0.370 e. The van der Waals surface area contributed by atoms with Crippen LogP contribution < -0.4 is 10.6 Å². The van der Waals surface area contributed by atoms with Gasteiger partial charge in [-0.3, -0.25) is 4.79 Å². The van der Waals surface area contributed by atoms with Crippen LogP contribution in [0.3, 0.4) is 0 Å². The summed E-state index contributed by atoms with van der Waals surface area (Å²) in [4.78, 5) is 12.9. The molecule has 0 unspecified atom stereocenters. The first kappa shape index (κ1) is 29.7. The van der Waals surface area contributed by atoms with E-state index in [1.165, 1.54) is 31.9 Å². The minimum Gasteiger partial charge on any atom is -0.370 e. The van der Waals surface area contributed by atoms with Gasteiger partial charge in [0, 0.05) is 19.0 Å². The van der Waals surface area contributed by atoms with Crippen LogP contribution >= 0.6 is 12.1 Å². The fourth-order valence-electron chi connectivity index (χ4n) is 4.44. The number of halogens is 1. The smallest absolute Gasteiger partial charge is 0.223 e. The number of nitrogens with zero attached hydrogens (tertiary/aromatic N) is 2. The lowest BCUT2D eigenvalue weighted by Crippen LogP contribution is -2.31. The maximum atomic E-state index is 13.2. The highest BCUT2D eigenvalue weighted by Crippen LogP contribution is 2.26. The van der Waals surface area contributed by atoms with Crippen LogP contribution in [0.25, 0.3) is 11.4 Å². The van der Waals surface area contributed by atoms with Crippen LogP contribution in [0.1, 0.15) is 82.0 Å². The Morgan fingerprint density at radius 3 is 2.36 bits per heavy atom. The van der Waals surface area contributed by atoms with E-state index in [-0.39, 0.29) is 24.0 Å². The van der Waals surface area contributed by atoms with Gasteiger partial charge in [0.05, 0.1) is 28.9 Å². The second kappa shape index (κ2) is 16.3. The fraction of sp³-hybridized carbons (Fsp3) is 0.517. The van der Waals surface area contributed by atoms with E-state index in [0.29, 0.717) is 18.0 Å². The molecule has 0 atom stereocenters. The monoisotopic (exact) mass is 514 g/mol. The van der Waals surface area contributed by atoms with Crippen LogP contribution in [-0.2, 0) is 4.79 Å². The zero-order valence-electron chi connectivity index (χ0n) is 22.4. The van der Waals surface area contributed by atoms with Crippen molar-refractivity contribution in [1.29, 1.82) is 0 Å². The van der Waals surface area contributed by atoms with Crippen LogP contribution in [-0.4, -0.2) is 28.8 Å². The van der Waals surface area contributed by atoms with E-state index in [4.69, 9.17) is 0 Å². The highest BCUT2D eigenvalue weighted by Gasteiger charge is 2.19. The summed E-state index contributed by atoms with van der Waals surface area (Å²) in [5.41, 5.74) is 3.80. The molecule has 1 aliphatic rings. The Morgan fingerprint density at radius 2 is 1.75 bits per heavy atom. The van der Waals surface area contributed by atoms with Crippen molar-refractivity contribution < 1.29 is 8.68 Å². The van der Waals surface area contributed by atoms with Gasteiger partial charge >= 0.3 is 0 Å². The Morgan fingerprint density at radius 1 is 1.11 bits per heavy atom. The standard InChI is InChI=1S/C27H37FN4OS.C2H6/c1-20-12-8-9-15-24(20)21(2)18-26(32-22(3)25(34-28)19-31-32)29-16-10-11-17-30-27(33)23-13-6-4-5-7-14-23;1-2/h8-9,12,15,18-19,23,29H,2,4-7,10-11,13-14,16-17H2,1,3H3,(H,30,33);1-2H3/b26-18-;. The van der Waals surface area contributed by atoms with Gasteiger partial charge in [-0.1, -0.05) is 70.4 Å². The maximum Gasteiger partial charge on any atom is 0.223 e. The van der Waals surface area contributed by atoms with Crippen LogP contribution in [0.2, 0.25) is 0 Å². The SMILES string of the molecule is C=C(/C=C(/NCCCCNC(=O)C1CCCCCC1)n1ncc(SF)c1C)c1ccccc1C.CC. The van der Waals surface area contributed by atoms with Crippen molar-refractivity contribution in [2.75, 3.05) is 13.1 Å². The molecule has 2 aromatic rings. The van der Waals surface area contributed by atoms with Gasteiger partial charge in [0.2, 0.25) is 5.91 Å². The summed E-state index contributed by atoms with van der Waals surface area (Å²) in [5.74, 6) is 1.16. The second-order valence-electron chi connectivity index (χ2n) is 9.07. The number of hydrogen-bond donors (Lipinski definition) is 2. The number of carbonyl (C=O) groups excluding carboxylic acids is 1. The van der Waals surface area contributed by atoms with Crippen molar-refractivity contribution in [1.82, 2.24) is 20.4 Å². The van der Waals surface area contributed by atoms with Crippen molar-refractivity contribution in [2.45, 2.75) is 84.0 Å². The number of aromatic nitrogens is 2. The Kier molecular flexibility index (Phi) is 13.4. The third kappa shape index (κ3) is 8.84. The van der Waals surface area contributed by atoms with Gasteiger partial charge in [0.15, 0.2) is 0 Å². The molecular weight excluding hydrogens is 471 g/mol. The molecule has 1 aromatic carbocycles. The predicted molar refractivity (Wildman–Crippen MR) is 151 cm³/mol. The average molecular weight is 515 g/mol. The zero-order chi connectivity index (χ0) is 26.3. The molecule has 1 amide bonds. The van der Waals surface area contributed by atoms with E-state index >= 15 is 0 Å². The molecule has 36 heavy (non-hydrogen) atoms. The summed E-state index contributed by atoms with van der Waals surface area (Å²) in [6.45, 7) is 13.6.